The van der Waals surface area contributed by atoms with Gasteiger partial charge in [-0.25, -0.2) is 0 Å². The Morgan fingerprint density at radius 3 is 2.95 bits per heavy atom. The number of hydrogen-bond acceptors (Lipinski definition) is 3. The van der Waals surface area contributed by atoms with Crippen molar-refractivity contribution in [3.05, 3.63) is 29.6 Å². The van der Waals surface area contributed by atoms with E-state index >= 15 is 0 Å². The van der Waals surface area contributed by atoms with Crippen molar-refractivity contribution in [2.45, 2.75) is 33.1 Å². The van der Waals surface area contributed by atoms with Crippen molar-refractivity contribution < 1.29 is 9.59 Å². The highest BCUT2D eigenvalue weighted by Gasteiger charge is 2.29. The molecule has 1 aromatic rings. The van der Waals surface area contributed by atoms with E-state index in [4.69, 9.17) is 0 Å². The number of nitrogens with zero attached hydrogens (tertiary/aromatic N) is 2. The lowest BCUT2D eigenvalue weighted by Gasteiger charge is -2.32. The van der Waals surface area contributed by atoms with Crippen LogP contribution in [0.3, 0.4) is 0 Å². The fourth-order valence-electron chi connectivity index (χ4n) is 2.78. The molecule has 0 unspecified atom stereocenters. The van der Waals surface area contributed by atoms with Gasteiger partial charge in [0.2, 0.25) is 5.91 Å². The maximum atomic E-state index is 12.7. The molecule has 5 nitrogen and oxygen atoms in total. The average molecular weight is 289 g/mol. The number of nitrogens with one attached hydrogen (secondary N) is 1. The fourth-order valence-corrected chi connectivity index (χ4v) is 2.78. The van der Waals surface area contributed by atoms with E-state index in [0.29, 0.717) is 18.7 Å². The van der Waals surface area contributed by atoms with E-state index in [0.717, 1.165) is 31.4 Å². The molecule has 0 spiro atoms. The Labute approximate surface area is 125 Å². The van der Waals surface area contributed by atoms with Crippen LogP contribution in [0.5, 0.6) is 0 Å². The van der Waals surface area contributed by atoms with Gasteiger partial charge in [-0.05, 0) is 37.8 Å². The third-order valence-electron chi connectivity index (χ3n) is 3.95. The van der Waals surface area contributed by atoms with Gasteiger partial charge < -0.3 is 10.2 Å². The number of amides is 2. The Kier molecular flexibility index (Phi) is 5.31. The summed E-state index contributed by atoms with van der Waals surface area (Å²) in [5.74, 6) is -0.0155. The zero-order chi connectivity index (χ0) is 15.2. The zero-order valence-corrected chi connectivity index (χ0v) is 12.8. The summed E-state index contributed by atoms with van der Waals surface area (Å²) in [6, 6.07) is 1.77. The minimum atomic E-state index is -0.0884. The van der Waals surface area contributed by atoms with Crippen LogP contribution >= 0.6 is 0 Å². The van der Waals surface area contributed by atoms with Crippen molar-refractivity contribution in [3.8, 4) is 0 Å². The summed E-state index contributed by atoms with van der Waals surface area (Å²) in [6.45, 7) is 5.79. The van der Waals surface area contributed by atoms with E-state index in [9.17, 15) is 9.59 Å². The molecule has 1 aromatic heterocycles. The smallest absolute Gasteiger partial charge is 0.254 e. The normalized spacial score (nSPS) is 18.4. The van der Waals surface area contributed by atoms with Gasteiger partial charge >= 0.3 is 0 Å². The van der Waals surface area contributed by atoms with E-state index < -0.39 is 0 Å². The first-order valence-electron chi connectivity index (χ1n) is 7.67. The third kappa shape index (κ3) is 3.60. The maximum absolute atomic E-state index is 12.7. The lowest BCUT2D eigenvalue weighted by molar-refractivity contribution is -0.126. The Morgan fingerprint density at radius 1 is 1.43 bits per heavy atom. The van der Waals surface area contributed by atoms with Crippen LogP contribution in [-0.2, 0) is 11.2 Å². The van der Waals surface area contributed by atoms with E-state index in [1.54, 1.807) is 23.4 Å². The number of carbonyl (C=O) groups excluding carboxylic acids is 2. The molecular weight excluding hydrogens is 266 g/mol. The van der Waals surface area contributed by atoms with Gasteiger partial charge in [-0.1, -0.05) is 6.92 Å². The zero-order valence-electron chi connectivity index (χ0n) is 12.8. The van der Waals surface area contributed by atoms with Gasteiger partial charge in [0.05, 0.1) is 5.92 Å². The number of aromatic nitrogens is 1. The molecule has 5 heteroatoms. The van der Waals surface area contributed by atoms with Crippen molar-refractivity contribution in [1.82, 2.24) is 15.2 Å². The number of pyridine rings is 1. The quantitative estimate of drug-likeness (QED) is 0.916. The van der Waals surface area contributed by atoms with E-state index in [-0.39, 0.29) is 17.7 Å². The van der Waals surface area contributed by atoms with Gasteiger partial charge in [-0.2, -0.15) is 0 Å². The first-order chi connectivity index (χ1) is 10.2. The Balaban J connectivity index is 2.10. The van der Waals surface area contributed by atoms with Crippen LogP contribution in [0.1, 0.15) is 42.6 Å². The molecule has 114 valence electrons. The molecule has 0 bridgehead atoms. The maximum Gasteiger partial charge on any atom is 0.254 e. The number of carbonyl (C=O) groups is 2. The molecule has 1 aliphatic heterocycles. The molecule has 0 aliphatic carbocycles. The third-order valence-corrected chi connectivity index (χ3v) is 3.95. The highest BCUT2D eigenvalue weighted by atomic mass is 16.2. The van der Waals surface area contributed by atoms with Crippen molar-refractivity contribution in [2.24, 2.45) is 5.92 Å². The molecule has 1 aliphatic rings. The first-order valence-corrected chi connectivity index (χ1v) is 7.67. The van der Waals surface area contributed by atoms with E-state index in [1.165, 1.54) is 0 Å². The largest absolute Gasteiger partial charge is 0.356 e. The standard InChI is InChI=1S/C16H23N3O2/c1-3-12-10-17-8-7-14(12)16(21)19-9-5-6-13(11-19)15(20)18-4-2/h7-8,10,13H,3-6,9,11H2,1-2H3,(H,18,20)/t13-/m0/s1. The minimum Gasteiger partial charge on any atom is -0.356 e. The summed E-state index contributed by atoms with van der Waals surface area (Å²) < 4.78 is 0. The molecular formula is C16H23N3O2. The second-order valence-corrected chi connectivity index (χ2v) is 5.37. The lowest BCUT2D eigenvalue weighted by Crippen LogP contribution is -2.45. The van der Waals surface area contributed by atoms with Crippen LogP contribution in [0.25, 0.3) is 0 Å². The molecule has 1 fully saturated rings. The van der Waals surface area contributed by atoms with Crippen molar-refractivity contribution in [3.63, 3.8) is 0 Å². The summed E-state index contributed by atoms with van der Waals surface area (Å²) in [5, 5.41) is 2.85. The van der Waals surface area contributed by atoms with E-state index in [2.05, 4.69) is 10.3 Å². The second-order valence-electron chi connectivity index (χ2n) is 5.37. The second kappa shape index (κ2) is 7.20. The number of hydrogen-bond donors (Lipinski definition) is 1. The van der Waals surface area contributed by atoms with Gasteiger partial charge in [0, 0.05) is 37.6 Å². The molecule has 0 aromatic carbocycles. The van der Waals surface area contributed by atoms with Crippen LogP contribution in [-0.4, -0.2) is 41.3 Å². The van der Waals surface area contributed by atoms with Gasteiger partial charge in [0.25, 0.3) is 5.91 Å². The van der Waals surface area contributed by atoms with Crippen LogP contribution in [0, 0.1) is 5.92 Å². The molecule has 1 N–H and O–H groups in total. The van der Waals surface area contributed by atoms with Crippen LogP contribution in [0.4, 0.5) is 0 Å². The number of aryl methyl sites for hydroxylation is 1. The molecule has 0 saturated carbocycles. The predicted octanol–water partition coefficient (Wildman–Crippen LogP) is 1.63. The summed E-state index contributed by atoms with van der Waals surface area (Å²) in [4.78, 5) is 30.5. The SMILES string of the molecule is CCNC(=O)[C@H]1CCCN(C(=O)c2ccncc2CC)C1. The molecule has 1 atom stereocenters. The minimum absolute atomic E-state index is 0.0169. The number of rotatable bonds is 4. The fraction of sp³-hybridized carbons (Fsp3) is 0.562. The van der Waals surface area contributed by atoms with Crippen LogP contribution in [0.2, 0.25) is 0 Å². The van der Waals surface area contributed by atoms with Crippen LogP contribution < -0.4 is 5.32 Å². The Bertz CT molecular complexity index is 516. The van der Waals surface area contributed by atoms with Crippen molar-refractivity contribution in [1.29, 1.82) is 0 Å². The summed E-state index contributed by atoms with van der Waals surface area (Å²) in [7, 11) is 0. The Hall–Kier alpha value is -1.91. The average Bonchev–Trinajstić information content (AvgIpc) is 2.54. The summed E-state index contributed by atoms with van der Waals surface area (Å²) in [6.07, 6.45) is 5.91. The predicted molar refractivity (Wildman–Crippen MR) is 80.9 cm³/mol. The summed E-state index contributed by atoms with van der Waals surface area (Å²) in [5.41, 5.74) is 1.67. The van der Waals surface area contributed by atoms with Gasteiger partial charge in [0.15, 0.2) is 0 Å². The van der Waals surface area contributed by atoms with E-state index in [1.807, 2.05) is 13.8 Å². The molecule has 0 radical (unpaired) electrons. The van der Waals surface area contributed by atoms with Gasteiger partial charge in [0.1, 0.15) is 0 Å². The van der Waals surface area contributed by atoms with Crippen molar-refractivity contribution in [2.75, 3.05) is 19.6 Å². The Morgan fingerprint density at radius 2 is 2.24 bits per heavy atom. The number of likely N-dealkylation sites (tertiary alicyclic amines) is 1. The topological polar surface area (TPSA) is 62.3 Å². The molecule has 2 rings (SSSR count). The highest BCUT2D eigenvalue weighted by molar-refractivity contribution is 5.96. The molecule has 2 heterocycles. The summed E-state index contributed by atoms with van der Waals surface area (Å²) >= 11 is 0. The van der Waals surface area contributed by atoms with Gasteiger partial charge in [-0.15, -0.1) is 0 Å². The van der Waals surface area contributed by atoms with Crippen molar-refractivity contribution >= 4 is 11.8 Å². The molecule has 1 saturated heterocycles. The molecule has 21 heavy (non-hydrogen) atoms. The van der Waals surface area contributed by atoms with Crippen LogP contribution in [0.15, 0.2) is 18.5 Å². The monoisotopic (exact) mass is 289 g/mol. The lowest BCUT2D eigenvalue weighted by atomic mass is 9.96. The molecule has 2 amide bonds. The number of piperidine rings is 1. The van der Waals surface area contributed by atoms with Gasteiger partial charge in [-0.3, -0.25) is 14.6 Å². The highest BCUT2D eigenvalue weighted by Crippen LogP contribution is 2.20. The first kappa shape index (κ1) is 15.5.